The quantitative estimate of drug-likeness (QED) is 0.368. The van der Waals surface area contributed by atoms with E-state index in [4.69, 9.17) is 0 Å². The number of nitrogens with one attached hydrogen (secondary N) is 2. The number of benzene rings is 2. The highest BCUT2D eigenvalue weighted by Gasteiger charge is 2.25. The largest absolute Gasteiger partial charge is 0.390 e. The van der Waals surface area contributed by atoms with Crippen LogP contribution >= 0.6 is 11.9 Å². The van der Waals surface area contributed by atoms with Crippen molar-refractivity contribution in [2.45, 2.75) is 44.9 Å². The maximum Gasteiger partial charge on any atom is 0.251 e. The van der Waals surface area contributed by atoms with Crippen LogP contribution in [0.4, 0.5) is 14.5 Å². The molecule has 0 aliphatic carbocycles. The molecular formula is C26H32F2N4O2S. The van der Waals surface area contributed by atoms with Crippen LogP contribution in [-0.2, 0) is 19.4 Å². The molecule has 0 unspecified atom stereocenters. The average molecular weight is 503 g/mol. The van der Waals surface area contributed by atoms with E-state index in [1.165, 1.54) is 10.9 Å². The minimum absolute atomic E-state index is 0.0478. The summed E-state index contributed by atoms with van der Waals surface area (Å²) < 4.78 is 29.4. The number of aryl methyl sites for hydroxylation is 2. The van der Waals surface area contributed by atoms with E-state index < -0.39 is 25.1 Å². The molecule has 2 aromatic carbocycles. The van der Waals surface area contributed by atoms with Crippen molar-refractivity contribution in [1.82, 2.24) is 15.2 Å². The van der Waals surface area contributed by atoms with Gasteiger partial charge in [0.15, 0.2) is 0 Å². The number of aliphatic hydroxyl groups excluding tert-OH is 1. The Hall–Kier alpha value is -2.62. The summed E-state index contributed by atoms with van der Waals surface area (Å²) in [5, 5.41) is 17.5. The molecular weight excluding hydrogens is 470 g/mol. The van der Waals surface area contributed by atoms with Crippen molar-refractivity contribution in [3.8, 4) is 0 Å². The number of nitrogens with zero attached hydrogens (tertiary/aromatic N) is 2. The van der Waals surface area contributed by atoms with E-state index in [2.05, 4.69) is 32.6 Å². The van der Waals surface area contributed by atoms with Gasteiger partial charge in [-0.05, 0) is 55.0 Å². The van der Waals surface area contributed by atoms with Gasteiger partial charge in [0.1, 0.15) is 0 Å². The van der Waals surface area contributed by atoms with Gasteiger partial charge < -0.3 is 24.6 Å². The maximum atomic E-state index is 13.5. The van der Waals surface area contributed by atoms with Crippen LogP contribution in [-0.4, -0.2) is 60.0 Å². The molecule has 0 spiro atoms. The van der Waals surface area contributed by atoms with E-state index in [1.54, 1.807) is 11.9 Å². The van der Waals surface area contributed by atoms with Crippen molar-refractivity contribution in [2.75, 3.05) is 30.2 Å². The van der Waals surface area contributed by atoms with E-state index in [0.717, 1.165) is 35.5 Å². The van der Waals surface area contributed by atoms with Crippen LogP contribution in [0.15, 0.2) is 48.7 Å². The van der Waals surface area contributed by atoms with Crippen LogP contribution in [0, 0.1) is 0 Å². The molecule has 4 rings (SSSR count). The number of aromatic nitrogens is 1. The van der Waals surface area contributed by atoms with Gasteiger partial charge in [-0.25, -0.2) is 8.78 Å². The highest BCUT2D eigenvalue weighted by Crippen LogP contribution is 2.38. The highest BCUT2D eigenvalue weighted by molar-refractivity contribution is 8.00. The topological polar surface area (TPSA) is 69.5 Å². The zero-order chi connectivity index (χ0) is 24.9. The van der Waals surface area contributed by atoms with Gasteiger partial charge in [0.05, 0.1) is 29.9 Å². The van der Waals surface area contributed by atoms with E-state index in [-0.39, 0.29) is 12.5 Å². The van der Waals surface area contributed by atoms with Crippen LogP contribution in [0.3, 0.4) is 0 Å². The maximum absolute atomic E-state index is 13.5. The number of alkyl halides is 2. The lowest BCUT2D eigenvalue weighted by molar-refractivity contribution is 0.0807. The first-order valence-electron chi connectivity index (χ1n) is 11.9. The van der Waals surface area contributed by atoms with Crippen LogP contribution in [0.1, 0.15) is 28.4 Å². The third-order valence-corrected chi connectivity index (χ3v) is 7.34. The Labute approximate surface area is 208 Å². The number of hydrogen-bond acceptors (Lipinski definition) is 5. The second-order valence-corrected chi connectivity index (χ2v) is 10.0. The summed E-state index contributed by atoms with van der Waals surface area (Å²) in [4.78, 5) is 13.5. The number of amides is 1. The minimum atomic E-state index is -2.51. The predicted octanol–water partition coefficient (Wildman–Crippen LogP) is 3.86. The van der Waals surface area contributed by atoms with Crippen molar-refractivity contribution in [3.63, 3.8) is 0 Å². The van der Waals surface area contributed by atoms with E-state index in [0.29, 0.717) is 12.0 Å². The summed E-state index contributed by atoms with van der Waals surface area (Å²) in [6.07, 6.45) is -0.0239. The van der Waals surface area contributed by atoms with E-state index in [1.807, 2.05) is 49.5 Å². The molecule has 1 aliphatic rings. The monoisotopic (exact) mass is 502 g/mol. The van der Waals surface area contributed by atoms with Gasteiger partial charge in [0, 0.05) is 43.0 Å². The number of halogens is 2. The molecule has 3 N–H and O–H groups in total. The summed E-state index contributed by atoms with van der Waals surface area (Å²) in [7, 11) is 2.01. The second kappa shape index (κ2) is 11.4. The summed E-state index contributed by atoms with van der Waals surface area (Å²) in [5.74, 6) is 0.664. The lowest BCUT2D eigenvalue weighted by atomic mass is 10.00. The molecule has 188 valence electrons. The average Bonchev–Trinajstić information content (AvgIpc) is 3.12. The molecule has 1 amide bonds. The minimum Gasteiger partial charge on any atom is -0.390 e. The van der Waals surface area contributed by atoms with Gasteiger partial charge in [-0.3, -0.25) is 4.79 Å². The predicted molar refractivity (Wildman–Crippen MR) is 138 cm³/mol. The van der Waals surface area contributed by atoms with Crippen LogP contribution in [0.25, 0.3) is 10.9 Å². The summed E-state index contributed by atoms with van der Waals surface area (Å²) in [6.45, 7) is 2.32. The Balaban J connectivity index is 1.62. The number of rotatable bonds is 10. The molecule has 0 bridgehead atoms. The van der Waals surface area contributed by atoms with Crippen molar-refractivity contribution in [3.05, 3.63) is 65.4 Å². The molecule has 2 heterocycles. The number of carbonyl (C=O) groups is 1. The van der Waals surface area contributed by atoms with Crippen molar-refractivity contribution < 1.29 is 18.7 Å². The summed E-state index contributed by atoms with van der Waals surface area (Å²) >= 11 is 1.72. The first kappa shape index (κ1) is 25.5. The fourth-order valence-electron chi connectivity index (χ4n) is 4.57. The Morgan fingerprint density at radius 1 is 1.20 bits per heavy atom. The van der Waals surface area contributed by atoms with Gasteiger partial charge in [-0.1, -0.05) is 30.3 Å². The van der Waals surface area contributed by atoms with Gasteiger partial charge in [-0.2, -0.15) is 0 Å². The molecule has 0 saturated carbocycles. The van der Waals surface area contributed by atoms with Gasteiger partial charge in [0.25, 0.3) is 12.3 Å². The molecule has 2 atom stereocenters. The van der Waals surface area contributed by atoms with E-state index >= 15 is 0 Å². The first-order valence-corrected chi connectivity index (χ1v) is 12.9. The van der Waals surface area contributed by atoms with Crippen molar-refractivity contribution >= 4 is 34.4 Å². The van der Waals surface area contributed by atoms with Gasteiger partial charge >= 0.3 is 0 Å². The fraction of sp³-hybridized carbons (Fsp3) is 0.423. The number of hydrogen-bond donors (Lipinski definition) is 3. The van der Waals surface area contributed by atoms with Gasteiger partial charge in [-0.15, -0.1) is 0 Å². The molecule has 0 saturated heterocycles. The molecule has 1 aliphatic heterocycles. The van der Waals surface area contributed by atoms with Crippen LogP contribution in [0.2, 0.25) is 0 Å². The Bertz CT molecular complexity index is 1160. The second-order valence-electron chi connectivity index (χ2n) is 8.80. The zero-order valence-corrected chi connectivity index (χ0v) is 20.8. The molecule has 1 aromatic heterocycles. The summed E-state index contributed by atoms with van der Waals surface area (Å²) in [6, 6.07) is 12.7. The zero-order valence-electron chi connectivity index (χ0n) is 20.0. The molecule has 3 aromatic rings. The molecule has 0 fully saturated rings. The molecule has 35 heavy (non-hydrogen) atoms. The molecule has 0 radical (unpaired) electrons. The Morgan fingerprint density at radius 3 is 2.69 bits per heavy atom. The lowest BCUT2D eigenvalue weighted by Crippen LogP contribution is -2.49. The lowest BCUT2D eigenvalue weighted by Gasteiger charge is -2.25. The fourth-order valence-corrected chi connectivity index (χ4v) is 5.44. The smallest absolute Gasteiger partial charge is 0.251 e. The first-order chi connectivity index (χ1) is 16.9. The number of aliphatic hydroxyl groups is 1. The molecule has 6 nitrogen and oxygen atoms in total. The third-order valence-electron chi connectivity index (χ3n) is 6.37. The van der Waals surface area contributed by atoms with Crippen molar-refractivity contribution in [1.29, 1.82) is 0 Å². The summed E-state index contributed by atoms with van der Waals surface area (Å²) in [5.41, 5.74) is 4.73. The molecule has 9 heteroatoms. The standard InChI is InChI=1S/C26H32F2N4O2S/c1-3-32-16-18-9-10-35-31(2)21-12-19(13-22(32)25(18)21)26(34)30-20(11-17-7-5-4-6-8-17)23(33)14-29-15-24(27)28/h4-8,12-13,16,20,23-24,29,33H,3,9-11,14-15H2,1-2H3,(H,30,34)/t20-,23+/m0/s1. The third kappa shape index (κ3) is 5.97. The number of carbonyl (C=O) groups excluding carboxylic acids is 1. The normalized spacial score (nSPS) is 15.3. The Kier molecular flexibility index (Phi) is 8.30. The van der Waals surface area contributed by atoms with Crippen molar-refractivity contribution in [2.24, 2.45) is 0 Å². The number of anilines is 1. The SMILES string of the molecule is CCn1cc2c3c(cc(C(=O)N[C@@H](Cc4ccccc4)[C@H](O)CNCC(F)F)cc31)N(C)SCC2. The van der Waals surface area contributed by atoms with E-state index in [9.17, 15) is 18.7 Å². The van der Waals surface area contributed by atoms with Crippen LogP contribution < -0.4 is 14.9 Å². The van der Waals surface area contributed by atoms with Crippen LogP contribution in [0.5, 0.6) is 0 Å². The highest BCUT2D eigenvalue weighted by atomic mass is 32.2. The Morgan fingerprint density at radius 2 is 1.97 bits per heavy atom. The van der Waals surface area contributed by atoms with Gasteiger partial charge in [0.2, 0.25) is 0 Å².